The minimum absolute atomic E-state index is 0.195. The molecule has 1 aromatic carbocycles. The van der Waals surface area contributed by atoms with Crippen LogP contribution < -0.4 is 5.32 Å². The normalized spacial score (nSPS) is 13.9. The van der Waals surface area contributed by atoms with Crippen molar-refractivity contribution in [1.29, 1.82) is 0 Å². The van der Waals surface area contributed by atoms with Gasteiger partial charge in [0.15, 0.2) is 5.78 Å². The SMILES string of the molecule is O=C1C=C[N]c2ccc(F)cc21. The van der Waals surface area contributed by atoms with Crippen LogP contribution in [0.2, 0.25) is 0 Å². The molecule has 1 radical (unpaired) electrons. The molecule has 3 heteroatoms. The summed E-state index contributed by atoms with van der Waals surface area (Å²) >= 11 is 0. The maximum absolute atomic E-state index is 12.6. The number of benzene rings is 1. The van der Waals surface area contributed by atoms with Crippen molar-refractivity contribution >= 4 is 11.5 Å². The quantitative estimate of drug-likeness (QED) is 0.572. The Bertz CT molecular complexity index is 371. The number of allylic oxidation sites excluding steroid dienone is 1. The molecule has 0 N–H and O–H groups in total. The Hall–Kier alpha value is -1.64. The highest BCUT2D eigenvalue weighted by atomic mass is 19.1. The first-order valence-electron chi connectivity index (χ1n) is 3.48. The Morgan fingerprint density at radius 2 is 2.17 bits per heavy atom. The van der Waals surface area contributed by atoms with Crippen LogP contribution in [0.5, 0.6) is 0 Å². The molecule has 0 unspecified atom stereocenters. The van der Waals surface area contributed by atoms with Gasteiger partial charge in [-0.05, 0) is 18.2 Å². The topological polar surface area (TPSA) is 31.2 Å². The zero-order chi connectivity index (χ0) is 8.55. The summed E-state index contributed by atoms with van der Waals surface area (Å²) in [6.07, 6.45) is 2.74. The molecule has 1 heterocycles. The first-order chi connectivity index (χ1) is 5.77. The minimum Gasteiger partial charge on any atom is -0.289 e. The Balaban J connectivity index is 2.59. The molecule has 2 rings (SSSR count). The highest BCUT2D eigenvalue weighted by Gasteiger charge is 2.13. The van der Waals surface area contributed by atoms with E-state index in [1.807, 2.05) is 0 Å². The average molecular weight is 162 g/mol. The van der Waals surface area contributed by atoms with Crippen LogP contribution in [0.25, 0.3) is 0 Å². The third-order valence-corrected chi connectivity index (χ3v) is 1.66. The maximum Gasteiger partial charge on any atom is 0.189 e. The van der Waals surface area contributed by atoms with E-state index in [1.165, 1.54) is 30.5 Å². The monoisotopic (exact) mass is 162 g/mol. The molecule has 1 aliphatic rings. The summed E-state index contributed by atoms with van der Waals surface area (Å²) in [7, 11) is 0. The van der Waals surface area contributed by atoms with Crippen molar-refractivity contribution < 1.29 is 9.18 Å². The Kier molecular flexibility index (Phi) is 1.43. The lowest BCUT2D eigenvalue weighted by molar-refractivity contribution is 0.104. The highest BCUT2D eigenvalue weighted by molar-refractivity contribution is 6.09. The maximum atomic E-state index is 12.6. The van der Waals surface area contributed by atoms with Gasteiger partial charge in [0.25, 0.3) is 0 Å². The van der Waals surface area contributed by atoms with Gasteiger partial charge < -0.3 is 0 Å². The number of nitrogens with zero attached hydrogens (tertiary/aromatic N) is 1. The zero-order valence-electron chi connectivity index (χ0n) is 6.12. The Morgan fingerprint density at radius 1 is 1.33 bits per heavy atom. The van der Waals surface area contributed by atoms with Crippen molar-refractivity contribution in [3.05, 3.63) is 41.9 Å². The van der Waals surface area contributed by atoms with E-state index in [0.29, 0.717) is 11.3 Å². The van der Waals surface area contributed by atoms with E-state index in [2.05, 4.69) is 5.32 Å². The number of carbonyl (C=O) groups is 1. The van der Waals surface area contributed by atoms with Crippen LogP contribution in [-0.4, -0.2) is 5.78 Å². The number of carbonyl (C=O) groups excluding carboxylic acids is 1. The van der Waals surface area contributed by atoms with Gasteiger partial charge >= 0.3 is 0 Å². The first-order valence-corrected chi connectivity index (χ1v) is 3.48. The van der Waals surface area contributed by atoms with Crippen molar-refractivity contribution in [2.24, 2.45) is 0 Å². The lowest BCUT2D eigenvalue weighted by atomic mass is 10.1. The smallest absolute Gasteiger partial charge is 0.189 e. The molecule has 0 spiro atoms. The van der Waals surface area contributed by atoms with E-state index in [9.17, 15) is 9.18 Å². The molecule has 2 nitrogen and oxygen atoms in total. The van der Waals surface area contributed by atoms with Crippen molar-refractivity contribution in [2.45, 2.75) is 0 Å². The third-order valence-electron chi connectivity index (χ3n) is 1.66. The average Bonchev–Trinajstić information content (AvgIpc) is 2.07. The third kappa shape index (κ3) is 0.993. The molecule has 1 aliphatic heterocycles. The molecule has 0 amide bonds. The molecule has 0 saturated heterocycles. The zero-order valence-corrected chi connectivity index (χ0v) is 6.12. The molecule has 0 fully saturated rings. The van der Waals surface area contributed by atoms with Crippen LogP contribution in [0.15, 0.2) is 30.5 Å². The van der Waals surface area contributed by atoms with E-state index < -0.39 is 5.82 Å². The molecule has 0 saturated carbocycles. The lowest BCUT2D eigenvalue weighted by Crippen LogP contribution is -2.06. The summed E-state index contributed by atoms with van der Waals surface area (Å²) in [4.78, 5) is 11.1. The number of ketones is 1. The van der Waals surface area contributed by atoms with Gasteiger partial charge in [0, 0.05) is 12.3 Å². The Morgan fingerprint density at radius 3 is 3.00 bits per heavy atom. The summed E-state index contributed by atoms with van der Waals surface area (Å²) < 4.78 is 12.6. The van der Waals surface area contributed by atoms with Crippen LogP contribution in [0.4, 0.5) is 10.1 Å². The van der Waals surface area contributed by atoms with Crippen molar-refractivity contribution in [1.82, 2.24) is 5.32 Å². The number of hydrogen-bond donors (Lipinski definition) is 0. The standard InChI is InChI=1S/C9H5FNO/c10-6-1-2-8-7(5-6)9(12)3-4-11-8/h1-5H. The highest BCUT2D eigenvalue weighted by Crippen LogP contribution is 2.20. The molecule has 0 aliphatic carbocycles. The van der Waals surface area contributed by atoms with Crippen LogP contribution >= 0.6 is 0 Å². The van der Waals surface area contributed by atoms with E-state index in [4.69, 9.17) is 0 Å². The number of hydrogen-bond acceptors (Lipinski definition) is 1. The van der Waals surface area contributed by atoms with E-state index in [0.717, 1.165) is 0 Å². The molecule has 1 aromatic rings. The summed E-state index contributed by atoms with van der Waals surface area (Å²) in [5.41, 5.74) is 0.862. The number of rotatable bonds is 0. The first kappa shape index (κ1) is 7.03. The predicted molar refractivity (Wildman–Crippen MR) is 41.7 cm³/mol. The van der Waals surface area contributed by atoms with Crippen molar-refractivity contribution in [3.8, 4) is 0 Å². The molecule has 0 atom stereocenters. The van der Waals surface area contributed by atoms with E-state index in [1.54, 1.807) is 0 Å². The Labute approximate surface area is 68.7 Å². The van der Waals surface area contributed by atoms with Crippen LogP contribution in [-0.2, 0) is 0 Å². The lowest BCUT2D eigenvalue weighted by Gasteiger charge is -2.08. The fraction of sp³-hybridized carbons (Fsp3) is 0. The van der Waals surface area contributed by atoms with Gasteiger partial charge in [0.2, 0.25) is 0 Å². The second-order valence-electron chi connectivity index (χ2n) is 2.47. The van der Waals surface area contributed by atoms with Crippen molar-refractivity contribution in [3.63, 3.8) is 0 Å². The van der Waals surface area contributed by atoms with Gasteiger partial charge in [-0.15, -0.1) is 0 Å². The minimum atomic E-state index is -0.410. The molecule has 59 valence electrons. The molecular weight excluding hydrogens is 157 g/mol. The van der Waals surface area contributed by atoms with Gasteiger partial charge in [-0.3, -0.25) is 10.1 Å². The van der Waals surface area contributed by atoms with Crippen LogP contribution in [0.3, 0.4) is 0 Å². The van der Waals surface area contributed by atoms with Crippen LogP contribution in [0.1, 0.15) is 10.4 Å². The largest absolute Gasteiger partial charge is 0.289 e. The fourth-order valence-corrected chi connectivity index (χ4v) is 1.09. The fourth-order valence-electron chi connectivity index (χ4n) is 1.09. The molecule has 0 bridgehead atoms. The molecular formula is C9H5FNO. The van der Waals surface area contributed by atoms with Gasteiger partial charge in [-0.2, -0.15) is 0 Å². The van der Waals surface area contributed by atoms with Gasteiger partial charge in [0.05, 0.1) is 11.3 Å². The summed E-state index contributed by atoms with van der Waals surface area (Å²) in [6.45, 7) is 0. The van der Waals surface area contributed by atoms with Gasteiger partial charge in [-0.1, -0.05) is 0 Å². The predicted octanol–water partition coefficient (Wildman–Crippen LogP) is 1.77. The second-order valence-corrected chi connectivity index (χ2v) is 2.47. The number of fused-ring (bicyclic) bond motifs is 1. The van der Waals surface area contributed by atoms with E-state index >= 15 is 0 Å². The van der Waals surface area contributed by atoms with E-state index in [-0.39, 0.29) is 5.78 Å². The second kappa shape index (κ2) is 2.44. The van der Waals surface area contributed by atoms with Gasteiger partial charge in [0.1, 0.15) is 5.82 Å². The summed E-state index contributed by atoms with van der Waals surface area (Å²) in [5, 5.41) is 3.92. The van der Waals surface area contributed by atoms with Crippen LogP contribution in [0, 0.1) is 5.82 Å². The number of halogens is 1. The van der Waals surface area contributed by atoms with Gasteiger partial charge in [-0.25, -0.2) is 4.39 Å². The molecule has 0 aromatic heterocycles. The van der Waals surface area contributed by atoms with Crippen molar-refractivity contribution in [2.75, 3.05) is 0 Å². The summed E-state index contributed by atoms with van der Waals surface area (Å²) in [6, 6.07) is 3.98. The summed E-state index contributed by atoms with van der Waals surface area (Å²) in [5.74, 6) is -0.605. The molecule has 12 heavy (non-hydrogen) atoms.